The Morgan fingerprint density at radius 2 is 2.25 bits per heavy atom. The van der Waals surface area contributed by atoms with Gasteiger partial charge in [0.05, 0.1) is 13.6 Å². The Morgan fingerprint density at radius 1 is 1.50 bits per heavy atom. The van der Waals surface area contributed by atoms with Crippen LogP contribution in [0.2, 0.25) is 0 Å². The van der Waals surface area contributed by atoms with Gasteiger partial charge in [0.2, 0.25) is 0 Å². The van der Waals surface area contributed by atoms with Crippen LogP contribution in [-0.4, -0.2) is 29.8 Å². The first kappa shape index (κ1) is 10.9. The summed E-state index contributed by atoms with van der Waals surface area (Å²) in [6, 6.07) is 0. The predicted molar refractivity (Wildman–Crippen MR) is 58.8 cm³/mol. The molecule has 0 amide bonds. The van der Waals surface area contributed by atoms with Crippen LogP contribution < -0.4 is 5.56 Å². The standard InChI is InChI=1S/C8H9BrN6O/c1-5-10-3-6(9)8(16)15(5)4-7-11-13-14(2)12-7/h3H,4H2,1-2H3. The second-order valence-corrected chi connectivity index (χ2v) is 4.09. The molecule has 0 fully saturated rings. The third kappa shape index (κ3) is 2.01. The zero-order valence-corrected chi connectivity index (χ0v) is 10.3. The molecule has 0 spiro atoms. The Labute approximate surface area is 99.2 Å². The molecule has 0 aromatic carbocycles. The fraction of sp³-hybridized carbons (Fsp3) is 0.375. The number of nitrogens with zero attached hydrogens (tertiary/aromatic N) is 6. The van der Waals surface area contributed by atoms with E-state index in [4.69, 9.17) is 0 Å². The highest BCUT2D eigenvalue weighted by Crippen LogP contribution is 2.02. The molecule has 0 saturated carbocycles. The summed E-state index contributed by atoms with van der Waals surface area (Å²) >= 11 is 3.14. The molecule has 0 aliphatic heterocycles. The molecule has 16 heavy (non-hydrogen) atoms. The molecule has 0 saturated heterocycles. The molecule has 8 heteroatoms. The molecule has 2 rings (SSSR count). The van der Waals surface area contributed by atoms with Crippen molar-refractivity contribution in [2.45, 2.75) is 13.5 Å². The van der Waals surface area contributed by atoms with E-state index in [0.29, 0.717) is 16.1 Å². The number of aromatic nitrogens is 6. The lowest BCUT2D eigenvalue weighted by atomic mass is 10.5. The number of aryl methyl sites for hydroxylation is 2. The molecule has 0 N–H and O–H groups in total. The number of rotatable bonds is 2. The van der Waals surface area contributed by atoms with Gasteiger partial charge in [0.15, 0.2) is 5.82 Å². The zero-order valence-electron chi connectivity index (χ0n) is 8.75. The molecule has 2 aromatic heterocycles. The van der Waals surface area contributed by atoms with Crippen LogP contribution >= 0.6 is 15.9 Å². The van der Waals surface area contributed by atoms with Crippen molar-refractivity contribution in [3.63, 3.8) is 0 Å². The summed E-state index contributed by atoms with van der Waals surface area (Å²) in [6.45, 7) is 2.02. The van der Waals surface area contributed by atoms with Gasteiger partial charge in [-0.05, 0) is 28.1 Å². The van der Waals surface area contributed by atoms with Crippen LogP contribution in [-0.2, 0) is 13.6 Å². The third-order valence-electron chi connectivity index (χ3n) is 2.05. The smallest absolute Gasteiger partial charge is 0.268 e. The van der Waals surface area contributed by atoms with Gasteiger partial charge in [-0.15, -0.1) is 10.2 Å². The molecule has 2 heterocycles. The van der Waals surface area contributed by atoms with E-state index in [2.05, 4.69) is 36.3 Å². The number of halogens is 1. The molecule has 0 bridgehead atoms. The summed E-state index contributed by atoms with van der Waals surface area (Å²) in [6.07, 6.45) is 1.48. The number of hydrogen-bond donors (Lipinski definition) is 0. The van der Waals surface area contributed by atoms with Crippen LogP contribution in [0.5, 0.6) is 0 Å². The topological polar surface area (TPSA) is 78.5 Å². The van der Waals surface area contributed by atoms with Crippen LogP contribution in [0.4, 0.5) is 0 Å². The summed E-state index contributed by atoms with van der Waals surface area (Å²) in [7, 11) is 1.67. The molecule has 7 nitrogen and oxygen atoms in total. The Morgan fingerprint density at radius 3 is 2.88 bits per heavy atom. The largest absolute Gasteiger partial charge is 0.288 e. The van der Waals surface area contributed by atoms with Crippen molar-refractivity contribution in [2.75, 3.05) is 0 Å². The van der Waals surface area contributed by atoms with Gasteiger partial charge in [-0.2, -0.15) is 4.80 Å². The predicted octanol–water partition coefficient (Wildman–Crippen LogP) is -0.114. The third-order valence-corrected chi connectivity index (χ3v) is 2.60. The van der Waals surface area contributed by atoms with E-state index in [1.54, 1.807) is 14.0 Å². The lowest BCUT2D eigenvalue weighted by molar-refractivity contribution is 0.620. The van der Waals surface area contributed by atoms with Gasteiger partial charge in [0, 0.05) is 6.20 Å². The Kier molecular flexibility index (Phi) is 2.82. The fourth-order valence-electron chi connectivity index (χ4n) is 1.27. The van der Waals surface area contributed by atoms with E-state index in [-0.39, 0.29) is 12.1 Å². The lowest BCUT2D eigenvalue weighted by Crippen LogP contribution is -2.25. The van der Waals surface area contributed by atoms with Gasteiger partial charge in [0.1, 0.15) is 10.3 Å². The number of hydrogen-bond acceptors (Lipinski definition) is 5. The molecule has 0 unspecified atom stereocenters. The van der Waals surface area contributed by atoms with Gasteiger partial charge < -0.3 is 0 Å². The lowest BCUT2D eigenvalue weighted by Gasteiger charge is -2.05. The second-order valence-electron chi connectivity index (χ2n) is 3.24. The van der Waals surface area contributed by atoms with Gasteiger partial charge in [-0.1, -0.05) is 0 Å². The van der Waals surface area contributed by atoms with Gasteiger partial charge >= 0.3 is 0 Å². The maximum Gasteiger partial charge on any atom is 0.268 e. The normalized spacial score (nSPS) is 10.7. The SMILES string of the molecule is Cc1ncc(Br)c(=O)n1Cc1nnn(C)n1. The van der Waals surface area contributed by atoms with Gasteiger partial charge in [-0.25, -0.2) is 4.98 Å². The van der Waals surface area contributed by atoms with Crippen LogP contribution in [0, 0.1) is 6.92 Å². The highest BCUT2D eigenvalue weighted by molar-refractivity contribution is 9.10. The second kappa shape index (κ2) is 4.12. The van der Waals surface area contributed by atoms with Gasteiger partial charge in [-0.3, -0.25) is 9.36 Å². The van der Waals surface area contributed by atoms with Crippen LogP contribution in [0.15, 0.2) is 15.5 Å². The molecule has 0 atom stereocenters. The van der Waals surface area contributed by atoms with E-state index in [0.717, 1.165) is 0 Å². The first-order valence-corrected chi connectivity index (χ1v) is 5.32. The Balaban J connectivity index is 2.42. The molecule has 0 aliphatic carbocycles. The first-order valence-electron chi connectivity index (χ1n) is 4.53. The van der Waals surface area contributed by atoms with Crippen molar-refractivity contribution in [3.05, 3.63) is 32.7 Å². The summed E-state index contributed by atoms with van der Waals surface area (Å²) in [4.78, 5) is 17.2. The van der Waals surface area contributed by atoms with Crippen LogP contribution in [0.1, 0.15) is 11.6 Å². The van der Waals surface area contributed by atoms with Crippen molar-refractivity contribution in [2.24, 2.45) is 7.05 Å². The molecule has 0 radical (unpaired) electrons. The number of tetrazole rings is 1. The van der Waals surface area contributed by atoms with Crippen molar-refractivity contribution < 1.29 is 0 Å². The highest BCUT2D eigenvalue weighted by Gasteiger charge is 2.08. The Bertz CT molecular complexity index is 574. The van der Waals surface area contributed by atoms with Crippen molar-refractivity contribution >= 4 is 15.9 Å². The van der Waals surface area contributed by atoms with Crippen molar-refractivity contribution in [3.8, 4) is 0 Å². The van der Waals surface area contributed by atoms with E-state index in [9.17, 15) is 4.79 Å². The minimum Gasteiger partial charge on any atom is -0.288 e. The van der Waals surface area contributed by atoms with Crippen LogP contribution in [0.25, 0.3) is 0 Å². The Hall–Kier alpha value is -1.57. The van der Waals surface area contributed by atoms with Crippen molar-refractivity contribution in [1.29, 1.82) is 0 Å². The van der Waals surface area contributed by atoms with Crippen molar-refractivity contribution in [1.82, 2.24) is 29.8 Å². The first-order chi connectivity index (χ1) is 7.58. The van der Waals surface area contributed by atoms with Gasteiger partial charge in [0.25, 0.3) is 5.56 Å². The highest BCUT2D eigenvalue weighted by atomic mass is 79.9. The molecule has 2 aromatic rings. The van der Waals surface area contributed by atoms with Crippen LogP contribution in [0.3, 0.4) is 0 Å². The monoisotopic (exact) mass is 284 g/mol. The molecule has 84 valence electrons. The average Bonchev–Trinajstić information content (AvgIpc) is 2.65. The molecular formula is C8H9BrN6O. The quantitative estimate of drug-likeness (QED) is 0.769. The fourth-order valence-corrected chi connectivity index (χ4v) is 1.58. The summed E-state index contributed by atoms with van der Waals surface area (Å²) in [5.74, 6) is 1.09. The minimum absolute atomic E-state index is 0.153. The van der Waals surface area contributed by atoms with E-state index >= 15 is 0 Å². The zero-order chi connectivity index (χ0) is 11.7. The van der Waals surface area contributed by atoms with E-state index in [1.165, 1.54) is 15.6 Å². The molecular weight excluding hydrogens is 276 g/mol. The van der Waals surface area contributed by atoms with E-state index in [1.807, 2.05) is 0 Å². The maximum absolute atomic E-state index is 11.8. The maximum atomic E-state index is 11.8. The summed E-state index contributed by atoms with van der Waals surface area (Å²) in [5, 5.41) is 11.5. The average molecular weight is 285 g/mol. The van der Waals surface area contributed by atoms with E-state index < -0.39 is 0 Å². The minimum atomic E-state index is -0.153. The summed E-state index contributed by atoms with van der Waals surface area (Å²) in [5.41, 5.74) is -0.153. The summed E-state index contributed by atoms with van der Waals surface area (Å²) < 4.78 is 1.91. The molecule has 0 aliphatic rings.